The highest BCUT2D eigenvalue weighted by Gasteiger charge is 2.22. The zero-order valence-electron chi connectivity index (χ0n) is 14.2. The van der Waals surface area contributed by atoms with Gasteiger partial charge in [0, 0.05) is 37.8 Å². The molecule has 124 valence electrons. The van der Waals surface area contributed by atoms with E-state index in [4.69, 9.17) is 9.15 Å². The fraction of sp³-hybridized carbons (Fsp3) is 0.526. The third kappa shape index (κ3) is 3.42. The summed E-state index contributed by atoms with van der Waals surface area (Å²) in [7, 11) is 1.86. The van der Waals surface area contributed by atoms with Gasteiger partial charge in [-0.15, -0.1) is 0 Å². The molecule has 0 aliphatic carbocycles. The molecule has 1 aromatic heterocycles. The van der Waals surface area contributed by atoms with E-state index >= 15 is 0 Å². The Morgan fingerprint density at radius 1 is 1.26 bits per heavy atom. The Bertz CT molecular complexity index is 698. The third-order valence-electron chi connectivity index (χ3n) is 4.85. The topological polar surface area (TPSA) is 42.7 Å². The van der Waals surface area contributed by atoms with Gasteiger partial charge in [-0.05, 0) is 51.2 Å². The second-order valence-electron chi connectivity index (χ2n) is 6.63. The zero-order valence-corrected chi connectivity index (χ0v) is 14.2. The van der Waals surface area contributed by atoms with Crippen LogP contribution in [-0.4, -0.2) is 37.6 Å². The van der Waals surface area contributed by atoms with Gasteiger partial charge >= 0.3 is 0 Å². The Balaban J connectivity index is 1.70. The number of nitrogens with zero attached hydrogens (tertiary/aromatic N) is 1. The lowest BCUT2D eigenvalue weighted by Crippen LogP contribution is -2.30. The van der Waals surface area contributed by atoms with Crippen molar-refractivity contribution in [1.29, 1.82) is 0 Å². The van der Waals surface area contributed by atoms with Crippen LogP contribution >= 0.6 is 0 Å². The van der Waals surface area contributed by atoms with Crippen LogP contribution in [0.25, 0.3) is 11.0 Å². The number of hydrogen-bond donors (Lipinski definition) is 0. The smallest absolute Gasteiger partial charge is 0.289 e. The lowest BCUT2D eigenvalue weighted by atomic mass is 9.96. The van der Waals surface area contributed by atoms with E-state index in [2.05, 4.69) is 6.07 Å². The van der Waals surface area contributed by atoms with Crippen molar-refractivity contribution < 1.29 is 13.9 Å². The summed E-state index contributed by atoms with van der Waals surface area (Å²) in [6.45, 7) is 6.48. The minimum atomic E-state index is -0.0246. The Morgan fingerprint density at radius 2 is 2.00 bits per heavy atom. The number of aryl methyl sites for hydroxylation is 2. The maximum absolute atomic E-state index is 12.7. The van der Waals surface area contributed by atoms with Gasteiger partial charge in [0.15, 0.2) is 5.76 Å². The molecule has 3 rings (SSSR count). The van der Waals surface area contributed by atoms with Crippen LogP contribution in [0.15, 0.2) is 22.6 Å². The molecule has 23 heavy (non-hydrogen) atoms. The van der Waals surface area contributed by atoms with Gasteiger partial charge in [-0.25, -0.2) is 0 Å². The van der Waals surface area contributed by atoms with E-state index in [0.717, 1.165) is 55.6 Å². The molecule has 2 heterocycles. The number of fused-ring (bicyclic) bond motifs is 1. The monoisotopic (exact) mass is 315 g/mol. The fourth-order valence-electron chi connectivity index (χ4n) is 3.22. The van der Waals surface area contributed by atoms with Gasteiger partial charge < -0.3 is 14.1 Å². The normalized spacial score (nSPS) is 16.0. The summed E-state index contributed by atoms with van der Waals surface area (Å²) in [6, 6.07) is 6.03. The van der Waals surface area contributed by atoms with E-state index in [1.54, 1.807) is 4.90 Å². The Kier molecular flexibility index (Phi) is 4.71. The van der Waals surface area contributed by atoms with E-state index < -0.39 is 0 Å². The quantitative estimate of drug-likeness (QED) is 0.858. The molecule has 2 aromatic rings. The van der Waals surface area contributed by atoms with Crippen molar-refractivity contribution in [2.24, 2.45) is 5.92 Å². The lowest BCUT2D eigenvalue weighted by molar-refractivity contribution is 0.0576. The molecule has 0 spiro atoms. The van der Waals surface area contributed by atoms with Crippen LogP contribution < -0.4 is 0 Å². The summed E-state index contributed by atoms with van der Waals surface area (Å²) in [5.74, 6) is 1.11. The summed E-state index contributed by atoms with van der Waals surface area (Å²) in [6.07, 6.45) is 3.24. The maximum atomic E-state index is 12.7. The van der Waals surface area contributed by atoms with Gasteiger partial charge in [-0.1, -0.05) is 11.6 Å². The van der Waals surface area contributed by atoms with E-state index in [0.29, 0.717) is 11.7 Å². The van der Waals surface area contributed by atoms with E-state index in [9.17, 15) is 4.79 Å². The minimum absolute atomic E-state index is 0.0246. The summed E-state index contributed by atoms with van der Waals surface area (Å²) in [5.41, 5.74) is 2.90. The van der Waals surface area contributed by atoms with E-state index in [1.165, 1.54) is 5.56 Å². The summed E-state index contributed by atoms with van der Waals surface area (Å²) < 4.78 is 11.2. The molecule has 1 amide bonds. The number of hydrogen-bond acceptors (Lipinski definition) is 3. The van der Waals surface area contributed by atoms with Crippen molar-refractivity contribution in [3.05, 3.63) is 35.1 Å². The van der Waals surface area contributed by atoms with Crippen molar-refractivity contribution in [3.63, 3.8) is 0 Å². The molecule has 1 aliphatic rings. The summed E-state index contributed by atoms with van der Waals surface area (Å²) in [4.78, 5) is 14.5. The number of furan rings is 1. The second-order valence-corrected chi connectivity index (χ2v) is 6.63. The fourth-order valence-corrected chi connectivity index (χ4v) is 3.22. The minimum Gasteiger partial charge on any atom is -0.451 e. The highest BCUT2D eigenvalue weighted by atomic mass is 16.5. The Morgan fingerprint density at radius 3 is 2.74 bits per heavy atom. The molecule has 1 aromatic carbocycles. The summed E-state index contributed by atoms with van der Waals surface area (Å²) >= 11 is 0. The predicted octanol–water partition coefficient (Wildman–Crippen LogP) is 3.94. The standard InChI is InChI=1S/C19H25NO3/c1-13-4-5-17-16(12-13)14(2)18(23-17)19(21)20(3)9-6-15-7-10-22-11-8-15/h4-5,12,15H,6-11H2,1-3H3. The molecule has 0 N–H and O–H groups in total. The largest absolute Gasteiger partial charge is 0.451 e. The third-order valence-corrected chi connectivity index (χ3v) is 4.85. The molecule has 1 fully saturated rings. The molecule has 4 nitrogen and oxygen atoms in total. The van der Waals surface area contributed by atoms with Gasteiger partial charge in [0.2, 0.25) is 0 Å². The molecule has 0 radical (unpaired) electrons. The first-order chi connectivity index (χ1) is 11.1. The molecule has 1 aliphatic heterocycles. The molecule has 0 bridgehead atoms. The average Bonchev–Trinajstić information content (AvgIpc) is 2.89. The number of amides is 1. The van der Waals surface area contributed by atoms with Crippen LogP contribution in [0.3, 0.4) is 0 Å². The van der Waals surface area contributed by atoms with Crippen LogP contribution in [0.5, 0.6) is 0 Å². The molecular formula is C19H25NO3. The van der Waals surface area contributed by atoms with Gasteiger partial charge in [-0.2, -0.15) is 0 Å². The first kappa shape index (κ1) is 16.1. The van der Waals surface area contributed by atoms with Crippen LogP contribution in [0.4, 0.5) is 0 Å². The number of rotatable bonds is 4. The van der Waals surface area contributed by atoms with Gasteiger partial charge in [0.1, 0.15) is 5.58 Å². The predicted molar refractivity (Wildman–Crippen MR) is 90.8 cm³/mol. The second kappa shape index (κ2) is 6.75. The Labute approximate surface area is 137 Å². The van der Waals surface area contributed by atoms with E-state index in [1.807, 2.05) is 33.0 Å². The molecule has 4 heteroatoms. The highest BCUT2D eigenvalue weighted by Crippen LogP contribution is 2.27. The Hall–Kier alpha value is -1.81. The van der Waals surface area contributed by atoms with E-state index in [-0.39, 0.29) is 5.91 Å². The van der Waals surface area contributed by atoms with Crippen LogP contribution in [0.2, 0.25) is 0 Å². The number of ether oxygens (including phenoxy) is 1. The van der Waals surface area contributed by atoms with Crippen molar-refractivity contribution in [2.75, 3.05) is 26.8 Å². The zero-order chi connectivity index (χ0) is 16.4. The lowest BCUT2D eigenvalue weighted by Gasteiger charge is -2.24. The highest BCUT2D eigenvalue weighted by molar-refractivity contribution is 5.98. The molecule has 0 unspecified atom stereocenters. The number of carbonyl (C=O) groups is 1. The molecule has 0 saturated carbocycles. The van der Waals surface area contributed by atoms with Gasteiger partial charge in [-0.3, -0.25) is 4.79 Å². The van der Waals surface area contributed by atoms with Crippen molar-refractivity contribution >= 4 is 16.9 Å². The molecular weight excluding hydrogens is 290 g/mol. The van der Waals surface area contributed by atoms with Crippen molar-refractivity contribution in [2.45, 2.75) is 33.1 Å². The van der Waals surface area contributed by atoms with Crippen LogP contribution in [0.1, 0.15) is 40.9 Å². The SMILES string of the molecule is Cc1ccc2oc(C(=O)N(C)CCC3CCOCC3)c(C)c2c1. The van der Waals surface area contributed by atoms with Gasteiger partial charge in [0.05, 0.1) is 0 Å². The average molecular weight is 315 g/mol. The van der Waals surface area contributed by atoms with Crippen molar-refractivity contribution in [3.8, 4) is 0 Å². The summed E-state index contributed by atoms with van der Waals surface area (Å²) in [5, 5.41) is 1.03. The molecule has 0 atom stereocenters. The molecule has 1 saturated heterocycles. The maximum Gasteiger partial charge on any atom is 0.289 e. The van der Waals surface area contributed by atoms with Gasteiger partial charge in [0.25, 0.3) is 5.91 Å². The number of benzene rings is 1. The first-order valence-corrected chi connectivity index (χ1v) is 8.39. The number of carbonyl (C=O) groups excluding carboxylic acids is 1. The first-order valence-electron chi connectivity index (χ1n) is 8.39. The van der Waals surface area contributed by atoms with Crippen molar-refractivity contribution in [1.82, 2.24) is 4.90 Å². The van der Waals surface area contributed by atoms with Crippen LogP contribution in [-0.2, 0) is 4.74 Å². The van der Waals surface area contributed by atoms with Crippen LogP contribution in [0, 0.1) is 19.8 Å².